The van der Waals surface area contributed by atoms with Gasteiger partial charge in [-0.25, -0.2) is 0 Å². The molecule has 0 saturated heterocycles. The lowest BCUT2D eigenvalue weighted by Crippen LogP contribution is -2.16. The molecule has 92 valence electrons. The molecule has 16 heavy (non-hydrogen) atoms. The van der Waals surface area contributed by atoms with Crippen molar-refractivity contribution >= 4 is 5.84 Å². The van der Waals surface area contributed by atoms with Gasteiger partial charge in [-0.1, -0.05) is 27.7 Å². The number of aliphatic imine (C=N–C) groups is 1. The highest BCUT2D eigenvalue weighted by molar-refractivity contribution is 5.96. The molecule has 0 aliphatic heterocycles. The van der Waals surface area contributed by atoms with Gasteiger partial charge in [-0.2, -0.15) is 4.85 Å². The Bertz CT molecular complexity index is 283. The molecule has 0 bridgehead atoms. The van der Waals surface area contributed by atoms with Crippen molar-refractivity contribution in [2.75, 3.05) is 0 Å². The van der Waals surface area contributed by atoms with E-state index in [-0.39, 0.29) is 5.41 Å². The summed E-state index contributed by atoms with van der Waals surface area (Å²) < 4.78 is 0. The van der Waals surface area contributed by atoms with Gasteiger partial charge in [0.05, 0.1) is 5.41 Å². The Morgan fingerprint density at radius 3 is 1.94 bits per heavy atom. The smallest absolute Gasteiger partial charge is 0.162 e. The summed E-state index contributed by atoms with van der Waals surface area (Å²) in [6.07, 6.45) is 2.09. The van der Waals surface area contributed by atoms with Gasteiger partial charge in [0.1, 0.15) is 12.3 Å². The van der Waals surface area contributed by atoms with Crippen molar-refractivity contribution in [1.29, 1.82) is 0 Å². The quantitative estimate of drug-likeness (QED) is 0.464. The number of hydrogen-bond donors (Lipinski definition) is 0. The van der Waals surface area contributed by atoms with Gasteiger partial charge in [0.25, 0.3) is 0 Å². The first-order chi connectivity index (χ1) is 7.27. The second kappa shape index (κ2) is 8.10. The first-order valence-corrected chi connectivity index (χ1v) is 5.96. The van der Waals surface area contributed by atoms with Gasteiger partial charge in [-0.3, -0.25) is 0 Å². The van der Waals surface area contributed by atoms with E-state index >= 15 is 0 Å². The van der Waals surface area contributed by atoms with Crippen LogP contribution in [0.3, 0.4) is 0 Å². The van der Waals surface area contributed by atoms with Crippen molar-refractivity contribution in [1.82, 2.24) is 0 Å². The largest absolute Gasteiger partial charge is 0.406 e. The fraction of sp³-hybridized carbons (Fsp3) is 0.714. The molecule has 0 aromatic rings. The molecule has 0 rings (SSSR count). The molecule has 0 amide bonds. The van der Waals surface area contributed by atoms with Crippen LogP contribution in [0.25, 0.3) is 4.85 Å². The minimum Gasteiger partial charge on any atom is -0.162 e. The minimum atomic E-state index is -0.0964. The maximum Gasteiger partial charge on any atom is 0.406 e. The highest BCUT2D eigenvalue weighted by Gasteiger charge is 2.28. The van der Waals surface area contributed by atoms with Gasteiger partial charge in [0.2, 0.25) is 0 Å². The molecular weight excluding hydrogens is 196 g/mol. The topological polar surface area (TPSA) is 16.7 Å². The SMILES string of the molecule is C#[N+]C(=N/C(C)=C\C(C)C)C(C)(C)C.CC. The fourth-order valence-electron chi connectivity index (χ4n) is 1.08. The third-order valence-electron chi connectivity index (χ3n) is 1.65. The van der Waals surface area contributed by atoms with E-state index in [2.05, 4.69) is 29.8 Å². The zero-order chi connectivity index (χ0) is 13.4. The molecule has 0 aromatic heterocycles. The maximum atomic E-state index is 5.31. The Labute approximate surface area is 101 Å². The van der Waals surface area contributed by atoms with E-state index in [1.165, 1.54) is 0 Å². The summed E-state index contributed by atoms with van der Waals surface area (Å²) in [5, 5.41) is 0. The van der Waals surface area contributed by atoms with Crippen LogP contribution in [0, 0.1) is 17.9 Å². The molecule has 0 N–H and O–H groups in total. The molecule has 0 aliphatic carbocycles. The zero-order valence-corrected chi connectivity index (χ0v) is 12.1. The fourth-order valence-corrected chi connectivity index (χ4v) is 1.08. The van der Waals surface area contributed by atoms with Gasteiger partial charge in [0.15, 0.2) is 0 Å². The predicted molar refractivity (Wildman–Crippen MR) is 75.1 cm³/mol. The van der Waals surface area contributed by atoms with Crippen LogP contribution in [0.15, 0.2) is 16.8 Å². The van der Waals surface area contributed by atoms with Crippen molar-refractivity contribution in [3.05, 3.63) is 16.6 Å². The van der Waals surface area contributed by atoms with Crippen LogP contribution < -0.4 is 0 Å². The van der Waals surface area contributed by atoms with E-state index in [1.807, 2.05) is 41.5 Å². The van der Waals surface area contributed by atoms with Crippen LogP contribution in [0.2, 0.25) is 0 Å². The Morgan fingerprint density at radius 2 is 1.69 bits per heavy atom. The van der Waals surface area contributed by atoms with Crippen molar-refractivity contribution < 1.29 is 0 Å². The third-order valence-corrected chi connectivity index (χ3v) is 1.65. The summed E-state index contributed by atoms with van der Waals surface area (Å²) in [5.74, 6) is 1.18. The molecule has 2 heteroatoms. The Kier molecular flexibility index (Phi) is 8.76. The average molecular weight is 223 g/mol. The summed E-state index contributed by atoms with van der Waals surface area (Å²) >= 11 is 0. The number of amidine groups is 1. The van der Waals surface area contributed by atoms with Crippen LogP contribution in [0.5, 0.6) is 0 Å². The van der Waals surface area contributed by atoms with E-state index in [9.17, 15) is 0 Å². The minimum absolute atomic E-state index is 0.0964. The molecule has 0 fully saturated rings. The highest BCUT2D eigenvalue weighted by Crippen LogP contribution is 2.18. The molecule has 2 nitrogen and oxygen atoms in total. The van der Waals surface area contributed by atoms with Crippen LogP contribution in [-0.2, 0) is 0 Å². The summed E-state index contributed by atoms with van der Waals surface area (Å²) in [7, 11) is 0. The Balaban J connectivity index is 0. The summed E-state index contributed by atoms with van der Waals surface area (Å²) in [5.41, 5.74) is 0.875. The lowest BCUT2D eigenvalue weighted by atomic mass is 9.95. The third kappa shape index (κ3) is 8.23. The van der Waals surface area contributed by atoms with Gasteiger partial charge >= 0.3 is 5.84 Å². The summed E-state index contributed by atoms with van der Waals surface area (Å²) in [6.45, 7) is 21.7. The molecule has 0 radical (unpaired) electrons. The highest BCUT2D eigenvalue weighted by atomic mass is 14.9. The molecular formula is C14H27N2+. The van der Waals surface area contributed by atoms with Gasteiger partial charge in [-0.15, -0.1) is 0 Å². The maximum absolute atomic E-state index is 5.31. The second-order valence-electron chi connectivity index (χ2n) is 4.87. The van der Waals surface area contributed by atoms with E-state index in [0.29, 0.717) is 11.8 Å². The standard InChI is InChI=1S/C12H21N2.C2H6/c1-9(2)8-10(3)14-11(13-7)12(4,5)6;1-2/h7-9H,1-6H3;1-2H3/q+1;/b10-8-,14-11?;. The van der Waals surface area contributed by atoms with Crippen LogP contribution in [0.1, 0.15) is 55.4 Å². The first-order valence-electron chi connectivity index (χ1n) is 5.96. The Morgan fingerprint density at radius 1 is 1.25 bits per heavy atom. The lowest BCUT2D eigenvalue weighted by molar-refractivity contribution is 0.593. The second-order valence-corrected chi connectivity index (χ2v) is 4.87. The number of hydrogen-bond acceptors (Lipinski definition) is 1. The van der Waals surface area contributed by atoms with Gasteiger partial charge in [-0.05, 0) is 37.8 Å². The number of rotatable bonds is 2. The molecule has 0 heterocycles. The summed E-state index contributed by atoms with van der Waals surface area (Å²) in [6, 6.07) is 0. The average Bonchev–Trinajstić information content (AvgIpc) is 2.14. The van der Waals surface area contributed by atoms with E-state index in [4.69, 9.17) is 6.57 Å². The van der Waals surface area contributed by atoms with Gasteiger partial charge < -0.3 is 0 Å². The van der Waals surface area contributed by atoms with Crippen LogP contribution in [0.4, 0.5) is 0 Å². The van der Waals surface area contributed by atoms with Crippen LogP contribution in [-0.4, -0.2) is 5.84 Å². The number of nitrogens with zero attached hydrogens (tertiary/aromatic N) is 2. The molecule has 0 unspecified atom stereocenters. The van der Waals surface area contributed by atoms with Crippen molar-refractivity contribution in [3.8, 4) is 6.57 Å². The normalized spacial score (nSPS) is 13.0. The monoisotopic (exact) mass is 223 g/mol. The van der Waals surface area contributed by atoms with E-state index in [1.54, 1.807) is 0 Å². The molecule has 0 saturated carbocycles. The first kappa shape index (κ1) is 17.3. The Hall–Kier alpha value is -1.10. The summed E-state index contributed by atoms with van der Waals surface area (Å²) in [4.78, 5) is 8.11. The predicted octanol–water partition coefficient (Wildman–Crippen LogP) is 4.98. The zero-order valence-electron chi connectivity index (χ0n) is 12.1. The van der Waals surface area contributed by atoms with Crippen molar-refractivity contribution in [2.45, 2.75) is 55.4 Å². The molecule has 0 aliphatic rings. The molecule has 0 atom stereocenters. The molecule has 0 aromatic carbocycles. The van der Waals surface area contributed by atoms with Crippen molar-refractivity contribution in [2.24, 2.45) is 16.3 Å². The lowest BCUT2D eigenvalue weighted by Gasteiger charge is -2.07. The van der Waals surface area contributed by atoms with E-state index < -0.39 is 0 Å². The van der Waals surface area contributed by atoms with E-state index in [0.717, 1.165) is 5.70 Å². The van der Waals surface area contributed by atoms with Gasteiger partial charge in [0, 0.05) is 6.92 Å². The number of allylic oxidation sites excluding steroid dienone is 2. The van der Waals surface area contributed by atoms with Crippen molar-refractivity contribution in [3.63, 3.8) is 0 Å². The van der Waals surface area contributed by atoms with Crippen LogP contribution >= 0.6 is 0 Å². The molecule has 0 spiro atoms.